The van der Waals surface area contributed by atoms with Crippen molar-refractivity contribution in [3.63, 3.8) is 0 Å². The highest BCUT2D eigenvalue weighted by molar-refractivity contribution is 5.74. The van der Waals surface area contributed by atoms with Crippen molar-refractivity contribution in [3.8, 4) is 0 Å². The molecule has 0 saturated carbocycles. The van der Waals surface area contributed by atoms with Gasteiger partial charge >= 0.3 is 5.76 Å². The van der Waals surface area contributed by atoms with E-state index in [-0.39, 0.29) is 17.8 Å². The van der Waals surface area contributed by atoms with Crippen molar-refractivity contribution in [1.82, 2.24) is 20.1 Å². The largest absolute Gasteiger partial charge is 0.420 e. The Kier molecular flexibility index (Phi) is 6.19. The van der Waals surface area contributed by atoms with Crippen LogP contribution in [0.25, 0.3) is 11.1 Å². The molecule has 4 heterocycles. The van der Waals surface area contributed by atoms with Gasteiger partial charge in [0.05, 0.1) is 11.6 Å². The molecular formula is C24H36N4O3. The summed E-state index contributed by atoms with van der Waals surface area (Å²) < 4.78 is 7.28. The zero-order valence-corrected chi connectivity index (χ0v) is 18.6. The molecule has 0 bridgehead atoms. The summed E-state index contributed by atoms with van der Waals surface area (Å²) in [5.74, 6) is 0.991. The lowest BCUT2D eigenvalue weighted by molar-refractivity contribution is 0.0382. The molecule has 7 nitrogen and oxygen atoms in total. The number of hydrogen-bond acceptors (Lipinski definition) is 6. The first-order valence-corrected chi connectivity index (χ1v) is 12.1. The van der Waals surface area contributed by atoms with Crippen molar-refractivity contribution >= 4 is 11.1 Å². The molecule has 3 aliphatic rings. The third-order valence-corrected chi connectivity index (χ3v) is 7.72. The van der Waals surface area contributed by atoms with Gasteiger partial charge in [-0.3, -0.25) is 9.88 Å². The SMILES string of the molecule is CC1CCC(n2c(=O)oc3cc(C4CCN(CC5CCNCC5)CC4)ccc32)C(O)N1. The van der Waals surface area contributed by atoms with Gasteiger partial charge in [-0.25, -0.2) is 4.79 Å². The number of piperidine rings is 3. The summed E-state index contributed by atoms with van der Waals surface area (Å²) in [5.41, 5.74) is 2.70. The van der Waals surface area contributed by atoms with Crippen LogP contribution in [-0.2, 0) is 0 Å². The van der Waals surface area contributed by atoms with E-state index in [0.717, 1.165) is 50.2 Å². The van der Waals surface area contributed by atoms with Gasteiger partial charge in [-0.1, -0.05) is 6.07 Å². The number of aromatic nitrogens is 1. The first kappa shape index (κ1) is 21.2. The third-order valence-electron chi connectivity index (χ3n) is 7.72. The Balaban J connectivity index is 1.27. The van der Waals surface area contributed by atoms with Gasteiger partial charge in [0.2, 0.25) is 0 Å². The molecule has 3 atom stereocenters. The van der Waals surface area contributed by atoms with Crippen molar-refractivity contribution in [2.24, 2.45) is 5.92 Å². The Labute approximate surface area is 183 Å². The van der Waals surface area contributed by atoms with E-state index in [1.54, 1.807) is 4.57 Å². The summed E-state index contributed by atoms with van der Waals surface area (Å²) >= 11 is 0. The molecule has 31 heavy (non-hydrogen) atoms. The van der Waals surface area contributed by atoms with Gasteiger partial charge in [-0.2, -0.15) is 0 Å². The molecule has 170 valence electrons. The fourth-order valence-corrected chi connectivity index (χ4v) is 5.83. The molecule has 7 heteroatoms. The number of fused-ring (bicyclic) bond motifs is 1. The fourth-order valence-electron chi connectivity index (χ4n) is 5.83. The predicted molar refractivity (Wildman–Crippen MR) is 121 cm³/mol. The van der Waals surface area contributed by atoms with Gasteiger partial charge in [0.25, 0.3) is 0 Å². The van der Waals surface area contributed by atoms with Crippen molar-refractivity contribution in [1.29, 1.82) is 0 Å². The number of nitrogens with one attached hydrogen (secondary N) is 2. The second-order valence-electron chi connectivity index (χ2n) is 9.89. The summed E-state index contributed by atoms with van der Waals surface area (Å²) in [5, 5.41) is 17.1. The maximum Gasteiger partial charge on any atom is 0.420 e. The van der Waals surface area contributed by atoms with E-state index >= 15 is 0 Å². The molecule has 5 rings (SSSR count). The van der Waals surface area contributed by atoms with Gasteiger partial charge in [0, 0.05) is 12.6 Å². The number of likely N-dealkylation sites (tertiary alicyclic amines) is 1. The lowest BCUT2D eigenvalue weighted by Gasteiger charge is -2.35. The summed E-state index contributed by atoms with van der Waals surface area (Å²) in [6.45, 7) is 7.92. The minimum atomic E-state index is -0.730. The Morgan fingerprint density at radius 3 is 2.61 bits per heavy atom. The average molecular weight is 429 g/mol. The van der Waals surface area contributed by atoms with Crippen LogP contribution in [0.2, 0.25) is 0 Å². The molecule has 3 saturated heterocycles. The minimum Gasteiger partial charge on any atom is -0.408 e. The van der Waals surface area contributed by atoms with Crippen LogP contribution in [0.4, 0.5) is 0 Å². The number of nitrogens with zero attached hydrogens (tertiary/aromatic N) is 2. The maximum absolute atomic E-state index is 12.6. The second kappa shape index (κ2) is 9.06. The number of aliphatic hydroxyl groups excluding tert-OH is 1. The van der Waals surface area contributed by atoms with Crippen LogP contribution in [0, 0.1) is 5.92 Å². The number of hydrogen-bond donors (Lipinski definition) is 3. The average Bonchev–Trinajstić information content (AvgIpc) is 3.10. The molecule has 0 aliphatic carbocycles. The van der Waals surface area contributed by atoms with Crippen molar-refractivity contribution in [3.05, 3.63) is 34.3 Å². The van der Waals surface area contributed by atoms with Crippen molar-refractivity contribution < 1.29 is 9.52 Å². The quantitative estimate of drug-likeness (QED) is 0.694. The first-order chi connectivity index (χ1) is 15.1. The fraction of sp³-hybridized carbons (Fsp3) is 0.708. The molecule has 0 radical (unpaired) electrons. The van der Waals surface area contributed by atoms with E-state index in [2.05, 4.69) is 34.6 Å². The van der Waals surface area contributed by atoms with E-state index in [4.69, 9.17) is 4.42 Å². The third kappa shape index (κ3) is 4.46. The van der Waals surface area contributed by atoms with Crippen LogP contribution in [0.3, 0.4) is 0 Å². The molecule has 2 aromatic rings. The standard InChI is InChI=1S/C24H36N4O3/c1-16-2-4-21(23(29)26-16)28-20-5-3-19(14-22(20)31-24(28)30)18-8-12-27(13-9-18)15-17-6-10-25-11-7-17/h3,5,14,16-18,21,23,25-26,29H,2,4,6-13,15H2,1H3. The lowest BCUT2D eigenvalue weighted by atomic mass is 9.88. The highest BCUT2D eigenvalue weighted by Gasteiger charge is 2.31. The molecule has 3 aliphatic heterocycles. The van der Waals surface area contributed by atoms with E-state index in [1.165, 1.54) is 38.0 Å². The van der Waals surface area contributed by atoms with Gasteiger partial charge < -0.3 is 19.7 Å². The number of oxazole rings is 1. The Morgan fingerprint density at radius 2 is 1.87 bits per heavy atom. The normalized spacial score (nSPS) is 29.5. The van der Waals surface area contributed by atoms with Gasteiger partial charge in [0.15, 0.2) is 5.58 Å². The number of benzene rings is 1. The molecule has 1 aromatic heterocycles. The second-order valence-corrected chi connectivity index (χ2v) is 9.89. The van der Waals surface area contributed by atoms with Crippen LogP contribution in [-0.4, -0.2) is 59.6 Å². The highest BCUT2D eigenvalue weighted by Crippen LogP contribution is 2.32. The van der Waals surface area contributed by atoms with E-state index in [9.17, 15) is 9.90 Å². The van der Waals surface area contributed by atoms with Crippen LogP contribution in [0.5, 0.6) is 0 Å². The monoisotopic (exact) mass is 428 g/mol. The van der Waals surface area contributed by atoms with E-state index < -0.39 is 6.23 Å². The van der Waals surface area contributed by atoms with Crippen LogP contribution < -0.4 is 16.4 Å². The summed E-state index contributed by atoms with van der Waals surface area (Å²) in [7, 11) is 0. The van der Waals surface area contributed by atoms with Crippen LogP contribution in [0.15, 0.2) is 27.4 Å². The Bertz CT molecular complexity index is 940. The Hall–Kier alpha value is -1.67. The molecule has 3 fully saturated rings. The minimum absolute atomic E-state index is 0.257. The molecule has 3 unspecified atom stereocenters. The van der Waals surface area contributed by atoms with Gasteiger partial charge in [0.1, 0.15) is 6.23 Å². The Morgan fingerprint density at radius 1 is 1.10 bits per heavy atom. The van der Waals surface area contributed by atoms with Gasteiger partial charge in [-0.05, 0) is 101 Å². The summed E-state index contributed by atoms with van der Waals surface area (Å²) in [6.07, 6.45) is 5.88. The number of rotatable bonds is 4. The van der Waals surface area contributed by atoms with Crippen LogP contribution >= 0.6 is 0 Å². The predicted octanol–water partition coefficient (Wildman–Crippen LogP) is 2.40. The highest BCUT2D eigenvalue weighted by atomic mass is 16.4. The van der Waals surface area contributed by atoms with Crippen LogP contribution in [0.1, 0.15) is 63.0 Å². The van der Waals surface area contributed by atoms with E-state index in [1.807, 2.05) is 6.07 Å². The van der Waals surface area contributed by atoms with Gasteiger partial charge in [-0.15, -0.1) is 0 Å². The maximum atomic E-state index is 12.6. The first-order valence-electron chi connectivity index (χ1n) is 12.1. The smallest absolute Gasteiger partial charge is 0.408 e. The van der Waals surface area contributed by atoms with Crippen molar-refractivity contribution in [2.45, 2.75) is 69.7 Å². The molecule has 0 spiro atoms. The molecule has 3 N–H and O–H groups in total. The number of aliphatic hydroxyl groups is 1. The zero-order chi connectivity index (χ0) is 21.4. The molecule has 0 amide bonds. The summed E-state index contributed by atoms with van der Waals surface area (Å²) in [4.78, 5) is 15.3. The lowest BCUT2D eigenvalue weighted by Crippen LogP contribution is -2.48. The van der Waals surface area contributed by atoms with Crippen molar-refractivity contribution in [2.75, 3.05) is 32.7 Å². The molecule has 1 aromatic carbocycles. The summed E-state index contributed by atoms with van der Waals surface area (Å²) in [6, 6.07) is 6.21. The zero-order valence-electron chi connectivity index (χ0n) is 18.6. The molecular weight excluding hydrogens is 392 g/mol. The topological polar surface area (TPSA) is 82.7 Å². The van der Waals surface area contributed by atoms with E-state index in [0.29, 0.717) is 11.5 Å².